The van der Waals surface area contributed by atoms with Gasteiger partial charge >= 0.3 is 5.97 Å². The predicted octanol–water partition coefficient (Wildman–Crippen LogP) is 1.66. The van der Waals surface area contributed by atoms with E-state index in [4.69, 9.17) is 9.47 Å². The van der Waals surface area contributed by atoms with Crippen LogP contribution in [0.1, 0.15) is 27.3 Å². The van der Waals surface area contributed by atoms with Gasteiger partial charge in [-0.2, -0.15) is 5.10 Å². The lowest BCUT2D eigenvalue weighted by molar-refractivity contribution is -0.119. The van der Waals surface area contributed by atoms with Crippen molar-refractivity contribution in [3.8, 4) is 0 Å². The second-order valence-corrected chi connectivity index (χ2v) is 6.88. The van der Waals surface area contributed by atoms with E-state index in [1.54, 1.807) is 25.6 Å². The van der Waals surface area contributed by atoms with Gasteiger partial charge in [0.2, 0.25) is 0 Å². The van der Waals surface area contributed by atoms with Crippen LogP contribution in [0.25, 0.3) is 0 Å². The summed E-state index contributed by atoms with van der Waals surface area (Å²) in [7, 11) is 1.76. The molecule has 28 heavy (non-hydrogen) atoms. The SMILES string of the molecule is Cc1nn(C)c(C)c1C(=O)OCC(=O)Nc1ccc(CN2CCOCC2)cc1. The van der Waals surface area contributed by atoms with Gasteiger partial charge in [-0.1, -0.05) is 12.1 Å². The predicted molar refractivity (Wildman–Crippen MR) is 104 cm³/mol. The van der Waals surface area contributed by atoms with Crippen molar-refractivity contribution in [1.29, 1.82) is 0 Å². The molecule has 1 aromatic carbocycles. The highest BCUT2D eigenvalue weighted by Gasteiger charge is 2.19. The van der Waals surface area contributed by atoms with Crippen LogP contribution in [0.3, 0.4) is 0 Å². The van der Waals surface area contributed by atoms with E-state index in [2.05, 4.69) is 15.3 Å². The molecule has 0 unspecified atom stereocenters. The van der Waals surface area contributed by atoms with Crippen LogP contribution in [0.4, 0.5) is 5.69 Å². The van der Waals surface area contributed by atoms with Crippen molar-refractivity contribution in [3.05, 3.63) is 46.8 Å². The van der Waals surface area contributed by atoms with Gasteiger partial charge in [0, 0.05) is 38.1 Å². The molecule has 0 saturated carbocycles. The first kappa shape index (κ1) is 20.0. The van der Waals surface area contributed by atoms with Gasteiger partial charge in [-0.3, -0.25) is 14.4 Å². The molecule has 1 aromatic heterocycles. The summed E-state index contributed by atoms with van der Waals surface area (Å²) in [6, 6.07) is 7.68. The van der Waals surface area contributed by atoms with E-state index < -0.39 is 5.97 Å². The molecule has 1 aliphatic rings. The summed E-state index contributed by atoms with van der Waals surface area (Å²) < 4.78 is 12.1. The van der Waals surface area contributed by atoms with Gasteiger partial charge in [-0.05, 0) is 31.5 Å². The van der Waals surface area contributed by atoms with Crippen molar-refractivity contribution in [2.75, 3.05) is 38.2 Å². The highest BCUT2D eigenvalue weighted by atomic mass is 16.5. The van der Waals surface area contributed by atoms with Gasteiger partial charge < -0.3 is 14.8 Å². The maximum absolute atomic E-state index is 12.2. The number of carbonyl (C=O) groups is 2. The largest absolute Gasteiger partial charge is 0.452 e. The lowest BCUT2D eigenvalue weighted by Gasteiger charge is -2.26. The zero-order chi connectivity index (χ0) is 20.1. The molecule has 0 bridgehead atoms. The van der Waals surface area contributed by atoms with E-state index in [0.29, 0.717) is 22.6 Å². The van der Waals surface area contributed by atoms with Crippen LogP contribution in [0.15, 0.2) is 24.3 Å². The van der Waals surface area contributed by atoms with Crippen molar-refractivity contribution in [3.63, 3.8) is 0 Å². The van der Waals surface area contributed by atoms with Gasteiger partial charge in [0.15, 0.2) is 6.61 Å². The lowest BCUT2D eigenvalue weighted by atomic mass is 10.2. The standard InChI is InChI=1S/C20H26N4O4/c1-14-19(15(2)23(3)22-14)20(26)28-13-18(25)21-17-6-4-16(5-7-17)12-24-8-10-27-11-9-24/h4-7H,8-13H2,1-3H3,(H,21,25). The second-order valence-electron chi connectivity index (χ2n) is 6.88. The van der Waals surface area contributed by atoms with Gasteiger partial charge in [0.05, 0.1) is 18.9 Å². The molecule has 1 fully saturated rings. The number of aromatic nitrogens is 2. The fourth-order valence-electron chi connectivity index (χ4n) is 3.18. The molecule has 1 amide bonds. The molecule has 8 heteroatoms. The van der Waals surface area contributed by atoms with Crippen molar-refractivity contribution in [2.24, 2.45) is 7.05 Å². The molecule has 8 nitrogen and oxygen atoms in total. The third-order valence-corrected chi connectivity index (χ3v) is 4.80. The van der Waals surface area contributed by atoms with Crippen molar-refractivity contribution in [1.82, 2.24) is 14.7 Å². The molecule has 2 aromatic rings. The Balaban J connectivity index is 1.48. The van der Waals surface area contributed by atoms with E-state index in [1.807, 2.05) is 24.3 Å². The number of esters is 1. The fourth-order valence-corrected chi connectivity index (χ4v) is 3.18. The number of morpholine rings is 1. The van der Waals surface area contributed by atoms with Crippen molar-refractivity contribution in [2.45, 2.75) is 20.4 Å². The van der Waals surface area contributed by atoms with E-state index in [1.165, 1.54) is 5.56 Å². The topological polar surface area (TPSA) is 85.7 Å². The number of benzene rings is 1. The van der Waals surface area contributed by atoms with Crippen LogP contribution >= 0.6 is 0 Å². The molecule has 0 aliphatic carbocycles. The van der Waals surface area contributed by atoms with Gasteiger partial charge in [-0.25, -0.2) is 4.79 Å². The minimum atomic E-state index is -0.542. The normalized spacial score (nSPS) is 14.7. The Labute approximate surface area is 164 Å². The van der Waals surface area contributed by atoms with Crippen molar-refractivity contribution < 1.29 is 19.1 Å². The number of hydrogen-bond donors (Lipinski definition) is 1. The lowest BCUT2D eigenvalue weighted by Crippen LogP contribution is -2.35. The highest BCUT2D eigenvalue weighted by molar-refractivity contribution is 5.96. The number of nitrogens with zero attached hydrogens (tertiary/aromatic N) is 3. The molecular formula is C20H26N4O4. The third-order valence-electron chi connectivity index (χ3n) is 4.80. The third kappa shape index (κ3) is 4.96. The van der Waals surface area contributed by atoms with Gasteiger partial charge in [0.1, 0.15) is 5.56 Å². The van der Waals surface area contributed by atoms with E-state index in [0.717, 1.165) is 32.8 Å². The number of aryl methyl sites for hydroxylation is 2. The number of amides is 1. The quantitative estimate of drug-likeness (QED) is 0.760. The highest BCUT2D eigenvalue weighted by Crippen LogP contribution is 2.14. The molecule has 0 spiro atoms. The number of carbonyl (C=O) groups excluding carboxylic acids is 2. The molecule has 150 valence electrons. The zero-order valence-corrected chi connectivity index (χ0v) is 16.5. The van der Waals surface area contributed by atoms with Crippen molar-refractivity contribution >= 4 is 17.6 Å². The molecule has 1 N–H and O–H groups in total. The molecule has 0 atom stereocenters. The van der Waals surface area contributed by atoms with Crippen LogP contribution in [0.2, 0.25) is 0 Å². The maximum atomic E-state index is 12.2. The Hall–Kier alpha value is -2.71. The first-order valence-electron chi connectivity index (χ1n) is 9.30. The van der Waals surface area contributed by atoms with Gasteiger partial charge in [-0.15, -0.1) is 0 Å². The Bertz CT molecular complexity index is 839. The molecular weight excluding hydrogens is 360 g/mol. The van der Waals surface area contributed by atoms with Crippen LogP contribution < -0.4 is 5.32 Å². The first-order valence-corrected chi connectivity index (χ1v) is 9.30. The minimum absolute atomic E-state index is 0.345. The number of anilines is 1. The molecule has 1 aliphatic heterocycles. The summed E-state index contributed by atoms with van der Waals surface area (Å²) >= 11 is 0. The first-order chi connectivity index (χ1) is 13.4. The maximum Gasteiger partial charge on any atom is 0.342 e. The van der Waals surface area contributed by atoms with Crippen LogP contribution in [-0.2, 0) is 27.9 Å². The summed E-state index contributed by atoms with van der Waals surface area (Å²) in [4.78, 5) is 26.6. The molecule has 2 heterocycles. The molecule has 3 rings (SSSR count). The van der Waals surface area contributed by atoms with Gasteiger partial charge in [0.25, 0.3) is 5.91 Å². The fraction of sp³-hybridized carbons (Fsp3) is 0.450. The second kappa shape index (κ2) is 8.99. The summed E-state index contributed by atoms with van der Waals surface area (Å²) in [6.45, 7) is 7.44. The number of nitrogens with one attached hydrogen (secondary N) is 1. The summed E-state index contributed by atoms with van der Waals surface area (Å²) in [5.41, 5.74) is 3.54. The van der Waals surface area contributed by atoms with Crippen LogP contribution in [0, 0.1) is 13.8 Å². The van der Waals surface area contributed by atoms with E-state index in [-0.39, 0.29) is 12.5 Å². The minimum Gasteiger partial charge on any atom is -0.452 e. The zero-order valence-electron chi connectivity index (χ0n) is 16.5. The monoisotopic (exact) mass is 386 g/mol. The average molecular weight is 386 g/mol. The number of hydrogen-bond acceptors (Lipinski definition) is 6. The van der Waals surface area contributed by atoms with Crippen LogP contribution in [-0.4, -0.2) is 59.5 Å². The Morgan fingerprint density at radius 3 is 2.46 bits per heavy atom. The Kier molecular flexibility index (Phi) is 6.43. The van der Waals surface area contributed by atoms with E-state index in [9.17, 15) is 9.59 Å². The Morgan fingerprint density at radius 1 is 1.18 bits per heavy atom. The van der Waals surface area contributed by atoms with Crippen LogP contribution in [0.5, 0.6) is 0 Å². The summed E-state index contributed by atoms with van der Waals surface area (Å²) in [6.07, 6.45) is 0. The Morgan fingerprint density at radius 2 is 1.86 bits per heavy atom. The average Bonchev–Trinajstić information content (AvgIpc) is 2.94. The number of ether oxygens (including phenoxy) is 2. The number of rotatable bonds is 6. The summed E-state index contributed by atoms with van der Waals surface area (Å²) in [5, 5.41) is 6.92. The van der Waals surface area contributed by atoms with E-state index >= 15 is 0 Å². The molecule has 1 saturated heterocycles. The smallest absolute Gasteiger partial charge is 0.342 e. The molecule has 0 radical (unpaired) electrons. The summed E-state index contributed by atoms with van der Waals surface area (Å²) in [5.74, 6) is -0.924.